The van der Waals surface area contributed by atoms with Gasteiger partial charge in [-0.1, -0.05) is 77.6 Å². The molecule has 0 aliphatic carbocycles. The Labute approximate surface area is 156 Å². The van der Waals surface area contributed by atoms with Crippen LogP contribution in [0.3, 0.4) is 0 Å². The predicted molar refractivity (Wildman–Crippen MR) is 106 cm³/mol. The molecular formula is C21H43NO3. The lowest BCUT2D eigenvalue weighted by Gasteiger charge is -2.11. The monoisotopic (exact) mass is 357 g/mol. The average Bonchev–Trinajstić information content (AvgIpc) is 2.62. The number of aliphatic hydroxyl groups excluding tert-OH is 1. The fourth-order valence-corrected chi connectivity index (χ4v) is 3.04. The minimum Gasteiger partial charge on any atom is -0.469 e. The smallest absolute Gasteiger partial charge is 0.305 e. The van der Waals surface area contributed by atoms with Gasteiger partial charge in [0.1, 0.15) is 0 Å². The van der Waals surface area contributed by atoms with Crippen LogP contribution in [0, 0.1) is 0 Å². The summed E-state index contributed by atoms with van der Waals surface area (Å²) in [7, 11) is 1.43. The zero-order valence-corrected chi connectivity index (χ0v) is 16.9. The molecule has 0 spiro atoms. The molecule has 1 unspecified atom stereocenters. The number of hydrogen-bond acceptors (Lipinski definition) is 4. The zero-order valence-electron chi connectivity index (χ0n) is 16.9. The van der Waals surface area contributed by atoms with Crippen LogP contribution in [0.15, 0.2) is 0 Å². The van der Waals surface area contributed by atoms with Gasteiger partial charge in [-0.15, -0.1) is 0 Å². The molecule has 0 heterocycles. The second-order valence-electron chi connectivity index (χ2n) is 7.22. The van der Waals surface area contributed by atoms with Crippen LogP contribution in [-0.4, -0.2) is 37.4 Å². The van der Waals surface area contributed by atoms with Crippen molar-refractivity contribution in [3.05, 3.63) is 0 Å². The molecule has 0 saturated carbocycles. The summed E-state index contributed by atoms with van der Waals surface area (Å²) in [5, 5.41) is 13.3. The number of carbonyl (C=O) groups is 1. The third-order valence-corrected chi connectivity index (χ3v) is 4.73. The van der Waals surface area contributed by atoms with Crippen molar-refractivity contribution in [2.24, 2.45) is 0 Å². The second kappa shape index (κ2) is 19.7. The summed E-state index contributed by atoms with van der Waals surface area (Å²) >= 11 is 0. The largest absolute Gasteiger partial charge is 0.469 e. The second-order valence-corrected chi connectivity index (χ2v) is 7.22. The molecule has 1 atom stereocenters. The molecule has 0 rings (SSSR count). The lowest BCUT2D eigenvalue weighted by molar-refractivity contribution is -0.140. The molecule has 2 N–H and O–H groups in total. The maximum Gasteiger partial charge on any atom is 0.305 e. The fourth-order valence-electron chi connectivity index (χ4n) is 3.04. The molecule has 0 aromatic carbocycles. The van der Waals surface area contributed by atoms with Crippen LogP contribution in [0.25, 0.3) is 0 Å². The number of carbonyl (C=O) groups excluding carboxylic acids is 1. The van der Waals surface area contributed by atoms with Gasteiger partial charge in [-0.2, -0.15) is 0 Å². The summed E-state index contributed by atoms with van der Waals surface area (Å²) in [5.41, 5.74) is 0. The summed E-state index contributed by atoms with van der Waals surface area (Å²) in [6.45, 7) is 3.86. The van der Waals surface area contributed by atoms with E-state index >= 15 is 0 Å². The summed E-state index contributed by atoms with van der Waals surface area (Å²) in [5.74, 6) is -0.125. The van der Waals surface area contributed by atoms with Crippen molar-refractivity contribution in [3.8, 4) is 0 Å². The number of rotatable bonds is 19. The third kappa shape index (κ3) is 19.6. The van der Waals surface area contributed by atoms with E-state index in [0.717, 1.165) is 38.6 Å². The van der Waals surface area contributed by atoms with E-state index in [9.17, 15) is 9.90 Å². The zero-order chi connectivity index (χ0) is 18.6. The highest BCUT2D eigenvalue weighted by molar-refractivity contribution is 5.68. The van der Waals surface area contributed by atoms with E-state index in [1.54, 1.807) is 0 Å². The summed E-state index contributed by atoms with van der Waals surface area (Å²) in [4.78, 5) is 11.0. The van der Waals surface area contributed by atoms with Gasteiger partial charge in [-0.3, -0.25) is 4.79 Å². The molecular weight excluding hydrogens is 314 g/mol. The van der Waals surface area contributed by atoms with Gasteiger partial charge < -0.3 is 15.2 Å². The van der Waals surface area contributed by atoms with Crippen molar-refractivity contribution in [1.82, 2.24) is 5.32 Å². The Morgan fingerprint density at radius 2 is 1.44 bits per heavy atom. The number of esters is 1. The minimum atomic E-state index is -0.218. The standard InChI is InChI=1S/C21H43NO3/c1-3-4-5-6-7-8-9-10-11-13-16-20(23)19-22-18-15-12-14-17-21(24)25-2/h20,22-23H,3-19H2,1-2H3. The van der Waals surface area contributed by atoms with Gasteiger partial charge >= 0.3 is 5.97 Å². The van der Waals surface area contributed by atoms with Crippen LogP contribution in [-0.2, 0) is 9.53 Å². The summed E-state index contributed by atoms with van der Waals surface area (Å²) in [6, 6.07) is 0. The molecule has 0 aliphatic rings. The molecule has 0 aromatic heterocycles. The Bertz CT molecular complexity index is 284. The first-order chi connectivity index (χ1) is 12.2. The number of unbranched alkanes of at least 4 members (excludes halogenated alkanes) is 11. The first kappa shape index (κ1) is 24.4. The van der Waals surface area contributed by atoms with E-state index in [-0.39, 0.29) is 12.1 Å². The SMILES string of the molecule is CCCCCCCCCCCCC(O)CNCCCCCC(=O)OC. The van der Waals surface area contributed by atoms with Crippen LogP contribution in [0.4, 0.5) is 0 Å². The number of hydrogen-bond donors (Lipinski definition) is 2. The van der Waals surface area contributed by atoms with Crippen LogP contribution in [0.2, 0.25) is 0 Å². The predicted octanol–water partition coefficient (Wildman–Crippen LogP) is 4.98. The van der Waals surface area contributed by atoms with Crippen LogP contribution < -0.4 is 5.32 Å². The third-order valence-electron chi connectivity index (χ3n) is 4.73. The average molecular weight is 358 g/mol. The molecule has 4 heteroatoms. The van der Waals surface area contributed by atoms with E-state index in [1.165, 1.54) is 64.9 Å². The molecule has 0 saturated heterocycles. The van der Waals surface area contributed by atoms with Crippen molar-refractivity contribution in [3.63, 3.8) is 0 Å². The van der Waals surface area contributed by atoms with Crippen molar-refractivity contribution in [2.75, 3.05) is 20.2 Å². The van der Waals surface area contributed by atoms with Crippen LogP contribution in [0.1, 0.15) is 103 Å². The molecule has 0 aromatic rings. The van der Waals surface area contributed by atoms with E-state index in [2.05, 4.69) is 17.0 Å². The molecule has 0 radical (unpaired) electrons. The Balaban J connectivity index is 3.18. The molecule has 0 bridgehead atoms. The summed E-state index contributed by atoms with van der Waals surface area (Å²) in [6.07, 6.45) is 17.5. The van der Waals surface area contributed by atoms with Gasteiger partial charge in [0.05, 0.1) is 13.2 Å². The lowest BCUT2D eigenvalue weighted by Crippen LogP contribution is -2.27. The molecule has 25 heavy (non-hydrogen) atoms. The van der Waals surface area contributed by atoms with Crippen molar-refractivity contribution in [1.29, 1.82) is 0 Å². The van der Waals surface area contributed by atoms with E-state index in [4.69, 9.17) is 0 Å². The quantitative estimate of drug-likeness (QED) is 0.253. The number of methoxy groups -OCH3 is 1. The Hall–Kier alpha value is -0.610. The van der Waals surface area contributed by atoms with E-state index in [0.29, 0.717) is 13.0 Å². The van der Waals surface area contributed by atoms with Gasteiger partial charge in [-0.05, 0) is 25.8 Å². The van der Waals surface area contributed by atoms with Gasteiger partial charge in [0.15, 0.2) is 0 Å². The topological polar surface area (TPSA) is 58.6 Å². The molecule has 150 valence electrons. The van der Waals surface area contributed by atoms with Crippen molar-refractivity contribution >= 4 is 5.97 Å². The van der Waals surface area contributed by atoms with Crippen LogP contribution >= 0.6 is 0 Å². The van der Waals surface area contributed by atoms with E-state index < -0.39 is 0 Å². The highest BCUT2D eigenvalue weighted by atomic mass is 16.5. The first-order valence-electron chi connectivity index (χ1n) is 10.7. The highest BCUT2D eigenvalue weighted by Crippen LogP contribution is 2.12. The normalized spacial score (nSPS) is 12.3. The van der Waals surface area contributed by atoms with Gasteiger partial charge in [0.2, 0.25) is 0 Å². The van der Waals surface area contributed by atoms with Crippen molar-refractivity contribution < 1.29 is 14.6 Å². The Kier molecular flexibility index (Phi) is 19.2. The number of ether oxygens (including phenoxy) is 1. The Morgan fingerprint density at radius 1 is 0.880 bits per heavy atom. The maximum absolute atomic E-state index is 11.0. The molecule has 0 fully saturated rings. The maximum atomic E-state index is 11.0. The minimum absolute atomic E-state index is 0.125. The highest BCUT2D eigenvalue weighted by Gasteiger charge is 2.03. The van der Waals surface area contributed by atoms with Gasteiger partial charge in [-0.25, -0.2) is 0 Å². The number of nitrogens with one attached hydrogen (secondary N) is 1. The van der Waals surface area contributed by atoms with Crippen LogP contribution in [0.5, 0.6) is 0 Å². The Morgan fingerprint density at radius 3 is 2.04 bits per heavy atom. The fraction of sp³-hybridized carbons (Fsp3) is 0.952. The number of aliphatic hydroxyl groups is 1. The first-order valence-corrected chi connectivity index (χ1v) is 10.7. The van der Waals surface area contributed by atoms with Gasteiger partial charge in [0, 0.05) is 13.0 Å². The lowest BCUT2D eigenvalue weighted by atomic mass is 10.0. The molecule has 0 amide bonds. The summed E-state index contributed by atoms with van der Waals surface area (Å²) < 4.78 is 4.61. The van der Waals surface area contributed by atoms with E-state index in [1.807, 2.05) is 0 Å². The molecule has 0 aliphatic heterocycles. The van der Waals surface area contributed by atoms with Crippen molar-refractivity contribution in [2.45, 2.75) is 109 Å². The van der Waals surface area contributed by atoms with Gasteiger partial charge in [0.25, 0.3) is 0 Å². The molecule has 4 nitrogen and oxygen atoms in total.